The molecule has 2 aromatic carbocycles. The van der Waals surface area contributed by atoms with Crippen molar-refractivity contribution in [2.45, 2.75) is 38.5 Å². The third-order valence-electron chi connectivity index (χ3n) is 4.22. The summed E-state index contributed by atoms with van der Waals surface area (Å²) in [6.45, 7) is 1.84. The molecule has 0 saturated heterocycles. The van der Waals surface area contributed by atoms with Gasteiger partial charge in [-0.3, -0.25) is 9.59 Å². The second-order valence-corrected chi connectivity index (χ2v) is 6.59. The van der Waals surface area contributed by atoms with Gasteiger partial charge in [0.25, 0.3) is 5.91 Å². The molecular weight excluding hydrogens is 344 g/mol. The molecule has 1 fully saturated rings. The monoisotopic (exact) mass is 366 g/mol. The van der Waals surface area contributed by atoms with Crippen LogP contribution in [0.2, 0.25) is 0 Å². The number of hydrogen-bond donors (Lipinski definition) is 2. The van der Waals surface area contributed by atoms with E-state index < -0.39 is 12.1 Å². The smallest absolute Gasteiger partial charge is 0.339 e. The van der Waals surface area contributed by atoms with Crippen molar-refractivity contribution in [1.29, 1.82) is 0 Å². The Morgan fingerprint density at radius 2 is 1.70 bits per heavy atom. The fraction of sp³-hybridized carbons (Fsp3) is 0.286. The van der Waals surface area contributed by atoms with Crippen LogP contribution in [-0.4, -0.2) is 23.8 Å². The Morgan fingerprint density at radius 1 is 1.04 bits per heavy atom. The maximum absolute atomic E-state index is 12.5. The number of ether oxygens (including phenoxy) is 1. The summed E-state index contributed by atoms with van der Waals surface area (Å²) in [5, 5.41) is 5.58. The Bertz CT molecular complexity index is 814. The van der Waals surface area contributed by atoms with Gasteiger partial charge in [0.1, 0.15) is 0 Å². The largest absolute Gasteiger partial charge is 0.444 e. The molecule has 0 spiro atoms. The molecule has 0 heterocycles. The summed E-state index contributed by atoms with van der Waals surface area (Å²) in [6, 6.07) is 15.9. The van der Waals surface area contributed by atoms with Crippen LogP contribution in [0.3, 0.4) is 0 Å². The second-order valence-electron chi connectivity index (χ2n) is 6.59. The topological polar surface area (TPSA) is 84.5 Å². The highest BCUT2D eigenvalue weighted by Gasteiger charge is 2.31. The van der Waals surface area contributed by atoms with Crippen LogP contribution in [0, 0.1) is 0 Å². The van der Waals surface area contributed by atoms with Crippen LogP contribution in [0.4, 0.5) is 0 Å². The number of rotatable bonds is 7. The van der Waals surface area contributed by atoms with E-state index in [1.807, 2.05) is 6.07 Å². The van der Waals surface area contributed by atoms with E-state index in [0.29, 0.717) is 17.7 Å². The zero-order chi connectivity index (χ0) is 19.2. The number of carbonyl (C=O) groups is 3. The maximum Gasteiger partial charge on any atom is 0.339 e. The van der Waals surface area contributed by atoms with Gasteiger partial charge in [0.15, 0.2) is 0 Å². The molecule has 1 aliphatic rings. The molecule has 0 radical (unpaired) electrons. The quantitative estimate of drug-likeness (QED) is 0.738. The van der Waals surface area contributed by atoms with E-state index in [9.17, 15) is 14.4 Å². The van der Waals surface area contributed by atoms with Crippen molar-refractivity contribution < 1.29 is 19.1 Å². The summed E-state index contributed by atoms with van der Waals surface area (Å²) >= 11 is 0. The summed E-state index contributed by atoms with van der Waals surface area (Å²) in [4.78, 5) is 36.0. The van der Waals surface area contributed by atoms with E-state index in [2.05, 4.69) is 10.6 Å². The van der Waals surface area contributed by atoms with Crippen LogP contribution < -0.4 is 10.6 Å². The summed E-state index contributed by atoms with van der Waals surface area (Å²) < 4.78 is 5.53. The van der Waals surface area contributed by atoms with Gasteiger partial charge in [0.2, 0.25) is 12.0 Å². The number of esters is 1. The van der Waals surface area contributed by atoms with Crippen LogP contribution in [-0.2, 0) is 20.9 Å². The van der Waals surface area contributed by atoms with Crippen molar-refractivity contribution in [3.05, 3.63) is 71.3 Å². The first-order valence-electron chi connectivity index (χ1n) is 8.92. The fourth-order valence-electron chi connectivity index (χ4n) is 2.57. The van der Waals surface area contributed by atoms with Crippen LogP contribution in [0.15, 0.2) is 54.6 Å². The first-order chi connectivity index (χ1) is 13.0. The van der Waals surface area contributed by atoms with Gasteiger partial charge in [-0.05, 0) is 30.5 Å². The van der Waals surface area contributed by atoms with E-state index in [1.165, 1.54) is 6.92 Å². The lowest BCUT2D eigenvalue weighted by Gasteiger charge is -2.18. The van der Waals surface area contributed by atoms with Gasteiger partial charge in [-0.25, -0.2) is 4.79 Å². The minimum absolute atomic E-state index is 0.120. The minimum atomic E-state index is -0.988. The predicted octanol–water partition coefficient (Wildman–Crippen LogP) is 2.50. The van der Waals surface area contributed by atoms with Crippen molar-refractivity contribution >= 4 is 17.8 Å². The van der Waals surface area contributed by atoms with Gasteiger partial charge in [-0.1, -0.05) is 42.5 Å². The standard InChI is InChI=1S/C21H22N2O4/c1-14(24)22-13-15-7-9-17(10-8-15)21(26)27-19(16-5-3-2-4-6-16)20(25)23-18-11-12-18/h2-10,18-19H,11-13H2,1H3,(H,22,24)(H,23,25). The van der Waals surface area contributed by atoms with Crippen LogP contribution in [0.5, 0.6) is 0 Å². The highest BCUT2D eigenvalue weighted by atomic mass is 16.5. The summed E-state index contributed by atoms with van der Waals surface area (Å²) in [6.07, 6.45) is 0.923. The normalized spacial score (nSPS) is 14.1. The molecule has 1 aliphatic carbocycles. The Labute approximate surface area is 157 Å². The zero-order valence-corrected chi connectivity index (χ0v) is 15.1. The molecule has 2 amide bonds. The first-order valence-corrected chi connectivity index (χ1v) is 8.92. The number of hydrogen-bond acceptors (Lipinski definition) is 4. The van der Waals surface area contributed by atoms with Gasteiger partial charge >= 0.3 is 5.97 Å². The second kappa shape index (κ2) is 8.49. The van der Waals surface area contributed by atoms with Gasteiger partial charge in [-0.2, -0.15) is 0 Å². The Balaban J connectivity index is 1.69. The third-order valence-corrected chi connectivity index (χ3v) is 4.22. The van der Waals surface area contributed by atoms with Gasteiger partial charge in [-0.15, -0.1) is 0 Å². The molecule has 6 nitrogen and oxygen atoms in total. The lowest BCUT2D eigenvalue weighted by molar-refractivity contribution is -0.130. The van der Waals surface area contributed by atoms with E-state index in [0.717, 1.165) is 18.4 Å². The van der Waals surface area contributed by atoms with Crippen LogP contribution >= 0.6 is 0 Å². The molecule has 1 unspecified atom stereocenters. The van der Waals surface area contributed by atoms with Gasteiger partial charge < -0.3 is 15.4 Å². The van der Waals surface area contributed by atoms with Crippen LogP contribution in [0.25, 0.3) is 0 Å². The number of benzene rings is 2. The highest BCUT2D eigenvalue weighted by Crippen LogP contribution is 2.24. The lowest BCUT2D eigenvalue weighted by Crippen LogP contribution is -2.33. The molecule has 0 aliphatic heterocycles. The van der Waals surface area contributed by atoms with E-state index in [1.54, 1.807) is 48.5 Å². The average molecular weight is 366 g/mol. The summed E-state index contributed by atoms with van der Waals surface area (Å²) in [5.74, 6) is -0.994. The molecule has 0 bridgehead atoms. The molecule has 6 heteroatoms. The summed E-state index contributed by atoms with van der Waals surface area (Å²) in [5.41, 5.74) is 1.85. The number of amides is 2. The first kappa shape index (κ1) is 18.6. The number of carbonyl (C=O) groups excluding carboxylic acids is 3. The van der Waals surface area contributed by atoms with Crippen LogP contribution in [0.1, 0.15) is 47.4 Å². The van der Waals surface area contributed by atoms with E-state index in [-0.39, 0.29) is 17.9 Å². The van der Waals surface area contributed by atoms with E-state index >= 15 is 0 Å². The molecule has 1 atom stereocenters. The Hall–Kier alpha value is -3.15. The molecule has 2 N–H and O–H groups in total. The van der Waals surface area contributed by atoms with E-state index in [4.69, 9.17) is 4.74 Å². The number of nitrogens with one attached hydrogen (secondary N) is 2. The lowest BCUT2D eigenvalue weighted by atomic mass is 10.1. The molecular formula is C21H22N2O4. The van der Waals surface area contributed by atoms with Crippen molar-refractivity contribution in [2.75, 3.05) is 0 Å². The van der Waals surface area contributed by atoms with Crippen molar-refractivity contribution in [3.63, 3.8) is 0 Å². The third kappa shape index (κ3) is 5.41. The maximum atomic E-state index is 12.5. The Morgan fingerprint density at radius 3 is 2.30 bits per heavy atom. The van der Waals surface area contributed by atoms with Gasteiger partial charge in [0.05, 0.1) is 5.56 Å². The molecule has 0 aromatic heterocycles. The highest BCUT2D eigenvalue weighted by molar-refractivity contribution is 5.92. The SMILES string of the molecule is CC(=O)NCc1ccc(C(=O)OC(C(=O)NC2CC2)c2ccccc2)cc1. The fourth-order valence-corrected chi connectivity index (χ4v) is 2.57. The minimum Gasteiger partial charge on any atom is -0.444 e. The van der Waals surface area contributed by atoms with Gasteiger partial charge in [0, 0.05) is 25.1 Å². The molecule has 1 saturated carbocycles. The van der Waals surface area contributed by atoms with Crippen molar-refractivity contribution in [3.8, 4) is 0 Å². The molecule has 2 aromatic rings. The molecule has 27 heavy (non-hydrogen) atoms. The zero-order valence-electron chi connectivity index (χ0n) is 15.1. The Kier molecular flexibility index (Phi) is 5.86. The molecule has 3 rings (SSSR count). The average Bonchev–Trinajstić information content (AvgIpc) is 3.49. The summed E-state index contributed by atoms with van der Waals surface area (Å²) in [7, 11) is 0. The van der Waals surface area contributed by atoms with Crippen molar-refractivity contribution in [2.24, 2.45) is 0 Å². The predicted molar refractivity (Wildman–Crippen MR) is 99.7 cm³/mol. The molecule has 140 valence electrons. The van der Waals surface area contributed by atoms with Crippen molar-refractivity contribution in [1.82, 2.24) is 10.6 Å².